The molecule has 1 saturated carbocycles. The maximum absolute atomic E-state index is 11.2. The van der Waals surface area contributed by atoms with Gasteiger partial charge in [-0.25, -0.2) is 8.42 Å². The number of ether oxygens (including phenoxy) is 1. The first-order valence-electron chi connectivity index (χ1n) is 4.75. The molecule has 15 heavy (non-hydrogen) atoms. The largest absolute Gasteiger partial charge is 0.468 e. The summed E-state index contributed by atoms with van der Waals surface area (Å²) in [6.07, 6.45) is 3.71. The Hall–Kier alpha value is -0.660. The van der Waals surface area contributed by atoms with Gasteiger partial charge in [-0.05, 0) is 12.8 Å². The standard InChI is InChI=1S/C8H15NO5S/c1-13-8(10)6-15(11,12)9-14-7-4-2-3-5-7/h7,9H,2-6H2,1H3. The second-order valence-corrected chi connectivity index (χ2v) is 5.13. The fourth-order valence-electron chi connectivity index (χ4n) is 1.39. The highest BCUT2D eigenvalue weighted by Gasteiger charge is 2.21. The van der Waals surface area contributed by atoms with Crippen LogP contribution in [-0.2, 0) is 24.4 Å². The van der Waals surface area contributed by atoms with Gasteiger partial charge in [-0.3, -0.25) is 9.63 Å². The molecule has 0 radical (unpaired) electrons. The van der Waals surface area contributed by atoms with E-state index < -0.39 is 21.7 Å². The van der Waals surface area contributed by atoms with Crippen molar-refractivity contribution in [2.75, 3.05) is 12.9 Å². The summed E-state index contributed by atoms with van der Waals surface area (Å²) in [6, 6.07) is 0. The van der Waals surface area contributed by atoms with Gasteiger partial charge >= 0.3 is 5.97 Å². The lowest BCUT2D eigenvalue weighted by molar-refractivity contribution is -0.137. The molecule has 0 unspecified atom stereocenters. The van der Waals surface area contributed by atoms with Crippen LogP contribution in [0.1, 0.15) is 25.7 Å². The summed E-state index contributed by atoms with van der Waals surface area (Å²) in [4.78, 5) is 17.6. The molecule has 0 heterocycles. The third-order valence-corrected chi connectivity index (χ3v) is 3.15. The van der Waals surface area contributed by atoms with Crippen LogP contribution in [0.5, 0.6) is 0 Å². The van der Waals surface area contributed by atoms with E-state index in [1.54, 1.807) is 0 Å². The molecule has 0 saturated heterocycles. The van der Waals surface area contributed by atoms with Gasteiger partial charge in [0.05, 0.1) is 13.2 Å². The summed E-state index contributed by atoms with van der Waals surface area (Å²) in [5, 5.41) is 0. The smallest absolute Gasteiger partial charge is 0.322 e. The van der Waals surface area contributed by atoms with Crippen LogP contribution in [0.15, 0.2) is 0 Å². The Morgan fingerprint density at radius 2 is 2.00 bits per heavy atom. The van der Waals surface area contributed by atoms with Crippen LogP contribution in [0.4, 0.5) is 0 Å². The van der Waals surface area contributed by atoms with Crippen molar-refractivity contribution in [1.29, 1.82) is 0 Å². The van der Waals surface area contributed by atoms with E-state index in [1.807, 2.05) is 4.89 Å². The average Bonchev–Trinajstić information content (AvgIpc) is 2.66. The number of nitrogens with one attached hydrogen (secondary N) is 1. The van der Waals surface area contributed by atoms with Gasteiger partial charge in [0.1, 0.15) is 0 Å². The SMILES string of the molecule is COC(=O)CS(=O)(=O)NOC1CCCC1. The van der Waals surface area contributed by atoms with Crippen LogP contribution >= 0.6 is 0 Å². The molecule has 6 nitrogen and oxygen atoms in total. The Bertz CT molecular complexity index is 307. The van der Waals surface area contributed by atoms with E-state index in [9.17, 15) is 13.2 Å². The molecule has 1 N–H and O–H groups in total. The minimum atomic E-state index is -3.73. The number of carbonyl (C=O) groups is 1. The maximum Gasteiger partial charge on any atom is 0.322 e. The number of carbonyl (C=O) groups excluding carboxylic acids is 1. The molecule has 0 amide bonds. The van der Waals surface area contributed by atoms with Crippen molar-refractivity contribution in [3.63, 3.8) is 0 Å². The summed E-state index contributed by atoms with van der Waals surface area (Å²) in [5.41, 5.74) is 0. The Kier molecular flexibility index (Phi) is 4.49. The summed E-state index contributed by atoms with van der Waals surface area (Å²) in [6.45, 7) is 0. The molecular formula is C8H15NO5S. The fourth-order valence-corrected chi connectivity index (χ4v) is 2.16. The zero-order valence-corrected chi connectivity index (χ0v) is 9.38. The molecule has 0 bridgehead atoms. The van der Waals surface area contributed by atoms with Crippen LogP contribution in [-0.4, -0.2) is 33.4 Å². The summed E-state index contributed by atoms with van der Waals surface area (Å²) in [5.74, 6) is -1.52. The van der Waals surface area contributed by atoms with Gasteiger partial charge in [-0.2, -0.15) is 0 Å². The van der Waals surface area contributed by atoms with Gasteiger partial charge in [0.25, 0.3) is 0 Å². The highest BCUT2D eigenvalue weighted by molar-refractivity contribution is 7.90. The fraction of sp³-hybridized carbons (Fsp3) is 0.875. The molecule has 1 aliphatic rings. The van der Waals surface area contributed by atoms with E-state index in [1.165, 1.54) is 0 Å². The van der Waals surface area contributed by atoms with Crippen molar-refractivity contribution >= 4 is 16.0 Å². The third-order valence-electron chi connectivity index (χ3n) is 2.18. The first kappa shape index (κ1) is 12.4. The third kappa shape index (κ3) is 4.59. The lowest BCUT2D eigenvalue weighted by Gasteiger charge is -2.11. The number of hydrogen-bond donors (Lipinski definition) is 1. The first-order valence-corrected chi connectivity index (χ1v) is 6.40. The Morgan fingerprint density at radius 3 is 2.53 bits per heavy atom. The van der Waals surface area contributed by atoms with Crippen molar-refractivity contribution in [2.45, 2.75) is 31.8 Å². The van der Waals surface area contributed by atoms with Crippen LogP contribution < -0.4 is 4.89 Å². The van der Waals surface area contributed by atoms with Crippen molar-refractivity contribution in [3.8, 4) is 0 Å². The number of methoxy groups -OCH3 is 1. The topological polar surface area (TPSA) is 81.7 Å². The number of esters is 1. The minimum Gasteiger partial charge on any atom is -0.468 e. The Labute approximate surface area is 88.9 Å². The number of rotatable bonds is 5. The van der Waals surface area contributed by atoms with Crippen LogP contribution in [0.3, 0.4) is 0 Å². The second kappa shape index (κ2) is 5.43. The Balaban J connectivity index is 2.32. The number of hydrogen-bond acceptors (Lipinski definition) is 5. The van der Waals surface area contributed by atoms with E-state index in [2.05, 4.69) is 4.74 Å². The average molecular weight is 237 g/mol. The highest BCUT2D eigenvalue weighted by Crippen LogP contribution is 2.20. The van der Waals surface area contributed by atoms with E-state index in [0.717, 1.165) is 32.8 Å². The van der Waals surface area contributed by atoms with E-state index >= 15 is 0 Å². The maximum atomic E-state index is 11.2. The van der Waals surface area contributed by atoms with Crippen molar-refractivity contribution < 1.29 is 22.8 Å². The monoisotopic (exact) mass is 237 g/mol. The molecule has 88 valence electrons. The molecule has 0 aromatic heterocycles. The van der Waals surface area contributed by atoms with E-state index in [4.69, 9.17) is 4.84 Å². The lowest BCUT2D eigenvalue weighted by atomic mass is 10.3. The predicted octanol–water partition coefficient (Wildman–Crippen LogP) is -0.0470. The molecule has 1 fully saturated rings. The summed E-state index contributed by atoms with van der Waals surface area (Å²) in [7, 11) is -2.59. The zero-order chi connectivity index (χ0) is 11.3. The Morgan fingerprint density at radius 1 is 1.40 bits per heavy atom. The zero-order valence-electron chi connectivity index (χ0n) is 8.56. The predicted molar refractivity (Wildman–Crippen MR) is 52.3 cm³/mol. The molecule has 0 aromatic carbocycles. The minimum absolute atomic E-state index is 0.0718. The van der Waals surface area contributed by atoms with E-state index in [0.29, 0.717) is 0 Å². The molecule has 1 aliphatic carbocycles. The van der Waals surface area contributed by atoms with Gasteiger partial charge in [0, 0.05) is 0 Å². The van der Waals surface area contributed by atoms with Gasteiger partial charge in [-0.1, -0.05) is 17.7 Å². The molecule has 0 spiro atoms. The van der Waals surface area contributed by atoms with Gasteiger partial charge in [0.15, 0.2) is 5.75 Å². The van der Waals surface area contributed by atoms with Gasteiger partial charge in [0.2, 0.25) is 10.0 Å². The van der Waals surface area contributed by atoms with Crippen molar-refractivity contribution in [3.05, 3.63) is 0 Å². The quantitative estimate of drug-likeness (QED) is 0.535. The molecule has 7 heteroatoms. The highest BCUT2D eigenvalue weighted by atomic mass is 32.2. The first-order chi connectivity index (χ1) is 7.03. The molecular weight excluding hydrogens is 222 g/mol. The van der Waals surface area contributed by atoms with Crippen LogP contribution in [0.2, 0.25) is 0 Å². The molecule has 1 rings (SSSR count). The molecule has 0 atom stereocenters. The van der Waals surface area contributed by atoms with E-state index in [-0.39, 0.29) is 6.10 Å². The van der Waals surface area contributed by atoms with Gasteiger partial charge < -0.3 is 4.74 Å². The molecule has 0 aliphatic heterocycles. The summed E-state index contributed by atoms with van der Waals surface area (Å²) < 4.78 is 26.7. The van der Waals surface area contributed by atoms with Crippen LogP contribution in [0, 0.1) is 0 Å². The molecule has 0 aromatic rings. The number of sulfonamides is 1. The van der Waals surface area contributed by atoms with Crippen molar-refractivity contribution in [1.82, 2.24) is 4.89 Å². The second-order valence-electron chi connectivity index (χ2n) is 3.44. The summed E-state index contributed by atoms with van der Waals surface area (Å²) >= 11 is 0. The van der Waals surface area contributed by atoms with Crippen molar-refractivity contribution in [2.24, 2.45) is 0 Å². The van der Waals surface area contributed by atoms with Crippen LogP contribution in [0.25, 0.3) is 0 Å². The van der Waals surface area contributed by atoms with Gasteiger partial charge in [-0.15, -0.1) is 0 Å². The lowest BCUT2D eigenvalue weighted by Crippen LogP contribution is -2.33. The normalized spacial score (nSPS) is 17.9.